The lowest BCUT2D eigenvalue weighted by Gasteiger charge is -2.11. The maximum atomic E-state index is 13.7. The highest BCUT2D eigenvalue weighted by Gasteiger charge is 2.14. The van der Waals surface area contributed by atoms with Crippen LogP contribution in [0.15, 0.2) is 12.1 Å². The van der Waals surface area contributed by atoms with E-state index in [1.165, 1.54) is 19.2 Å². The van der Waals surface area contributed by atoms with Crippen molar-refractivity contribution in [1.82, 2.24) is 5.32 Å². The van der Waals surface area contributed by atoms with Gasteiger partial charge in [0.05, 0.1) is 7.11 Å². The fraction of sp³-hybridized carbons (Fsp3) is 0.500. The first-order valence-corrected chi connectivity index (χ1v) is 6.32. The van der Waals surface area contributed by atoms with Crippen LogP contribution in [0.3, 0.4) is 0 Å². The maximum Gasteiger partial charge on any atom is 0.343 e. The van der Waals surface area contributed by atoms with Crippen LogP contribution < -0.4 is 10.1 Å². The number of methoxy groups -OCH3 is 1. The second-order valence-electron chi connectivity index (χ2n) is 4.78. The van der Waals surface area contributed by atoms with Gasteiger partial charge < -0.3 is 14.8 Å². The third-order valence-electron chi connectivity index (χ3n) is 2.50. The van der Waals surface area contributed by atoms with Crippen molar-refractivity contribution in [1.29, 1.82) is 0 Å². The Hall–Kier alpha value is -1.69. The number of carbonyl (C=O) groups excluding carboxylic acids is 1. The summed E-state index contributed by atoms with van der Waals surface area (Å²) >= 11 is 0. The minimum Gasteiger partial charge on any atom is -0.476 e. The molecule has 0 aliphatic rings. The Bertz CT molecular complexity index is 441. The minimum atomic E-state index is -0.838. The summed E-state index contributed by atoms with van der Waals surface area (Å²) in [6, 6.07) is 2.37. The van der Waals surface area contributed by atoms with Gasteiger partial charge in [-0.15, -0.1) is 0 Å². The number of halogens is 2. The lowest BCUT2D eigenvalue weighted by molar-refractivity contribution is -0.143. The predicted molar refractivity (Wildman–Crippen MR) is 70.4 cm³/mol. The molecule has 1 aromatic carbocycles. The van der Waals surface area contributed by atoms with E-state index < -0.39 is 30.0 Å². The van der Waals surface area contributed by atoms with E-state index in [0.29, 0.717) is 18.0 Å². The summed E-state index contributed by atoms with van der Waals surface area (Å²) in [7, 11) is 1.17. The molecular formula is C14H19F2NO3. The van der Waals surface area contributed by atoms with Gasteiger partial charge in [0.2, 0.25) is 0 Å². The molecule has 112 valence electrons. The summed E-state index contributed by atoms with van der Waals surface area (Å²) < 4.78 is 36.5. The molecule has 0 saturated heterocycles. The molecule has 6 heteroatoms. The third kappa shape index (κ3) is 5.13. The van der Waals surface area contributed by atoms with Gasteiger partial charge in [0.1, 0.15) is 0 Å². The van der Waals surface area contributed by atoms with Crippen LogP contribution in [-0.4, -0.2) is 26.2 Å². The fourth-order valence-corrected chi connectivity index (χ4v) is 1.55. The topological polar surface area (TPSA) is 47.6 Å². The third-order valence-corrected chi connectivity index (χ3v) is 2.50. The van der Waals surface area contributed by atoms with Crippen LogP contribution in [0.25, 0.3) is 0 Å². The van der Waals surface area contributed by atoms with E-state index in [4.69, 9.17) is 4.74 Å². The van der Waals surface area contributed by atoms with Crippen molar-refractivity contribution in [3.8, 4) is 5.75 Å². The molecule has 0 bridgehead atoms. The first-order chi connectivity index (χ1) is 9.43. The number of carbonyl (C=O) groups is 1. The van der Waals surface area contributed by atoms with Crippen LogP contribution in [0.2, 0.25) is 0 Å². The standard InChI is InChI=1S/C14H19F2NO3/c1-9(2)6-17-7-10-4-11(15)14(12(16)5-10)20-8-13(18)19-3/h4-5,9,17H,6-8H2,1-3H3. The molecule has 0 spiro atoms. The van der Waals surface area contributed by atoms with Crippen LogP contribution in [0.5, 0.6) is 5.75 Å². The molecule has 4 nitrogen and oxygen atoms in total. The summed E-state index contributed by atoms with van der Waals surface area (Å²) in [4.78, 5) is 10.9. The molecule has 0 aliphatic heterocycles. The molecule has 1 aromatic rings. The molecule has 0 aliphatic carbocycles. The van der Waals surface area contributed by atoms with Gasteiger partial charge in [0, 0.05) is 6.54 Å². The van der Waals surface area contributed by atoms with Crippen molar-refractivity contribution in [2.75, 3.05) is 20.3 Å². The summed E-state index contributed by atoms with van der Waals surface area (Å²) in [5.41, 5.74) is 0.478. The number of ether oxygens (including phenoxy) is 2. The van der Waals surface area contributed by atoms with E-state index in [1.54, 1.807) is 0 Å². The van der Waals surface area contributed by atoms with Crippen LogP contribution in [0, 0.1) is 17.6 Å². The summed E-state index contributed by atoms with van der Waals surface area (Å²) in [5, 5.41) is 3.09. The number of hydrogen-bond donors (Lipinski definition) is 1. The van der Waals surface area contributed by atoms with Crippen molar-refractivity contribution >= 4 is 5.97 Å². The van der Waals surface area contributed by atoms with Crippen molar-refractivity contribution in [2.45, 2.75) is 20.4 Å². The first kappa shape index (κ1) is 16.4. The molecule has 0 amide bonds. The van der Waals surface area contributed by atoms with Gasteiger partial charge in [0.25, 0.3) is 0 Å². The lowest BCUT2D eigenvalue weighted by Crippen LogP contribution is -2.19. The molecule has 1 N–H and O–H groups in total. The Morgan fingerprint density at radius 3 is 2.40 bits per heavy atom. The monoisotopic (exact) mass is 287 g/mol. The van der Waals surface area contributed by atoms with Crippen LogP contribution >= 0.6 is 0 Å². The average molecular weight is 287 g/mol. The normalized spacial score (nSPS) is 10.7. The maximum absolute atomic E-state index is 13.7. The van der Waals surface area contributed by atoms with Gasteiger partial charge in [0.15, 0.2) is 24.0 Å². The van der Waals surface area contributed by atoms with Gasteiger partial charge in [-0.2, -0.15) is 0 Å². The number of nitrogens with one attached hydrogen (secondary N) is 1. The Balaban J connectivity index is 2.68. The van der Waals surface area contributed by atoms with Gasteiger partial charge in [-0.1, -0.05) is 13.8 Å². The molecule has 0 unspecified atom stereocenters. The Morgan fingerprint density at radius 1 is 1.30 bits per heavy atom. The van der Waals surface area contributed by atoms with Crippen LogP contribution in [0.4, 0.5) is 8.78 Å². The molecular weight excluding hydrogens is 268 g/mol. The average Bonchev–Trinajstić information content (AvgIpc) is 2.37. The van der Waals surface area contributed by atoms with Gasteiger partial charge in [-0.05, 0) is 30.2 Å². The van der Waals surface area contributed by atoms with Crippen molar-refractivity contribution in [3.05, 3.63) is 29.3 Å². The van der Waals surface area contributed by atoms with Gasteiger partial charge in [-0.25, -0.2) is 13.6 Å². The number of esters is 1. The number of rotatable bonds is 7. The zero-order valence-corrected chi connectivity index (χ0v) is 11.8. The molecule has 20 heavy (non-hydrogen) atoms. The smallest absolute Gasteiger partial charge is 0.343 e. The fourth-order valence-electron chi connectivity index (χ4n) is 1.55. The largest absolute Gasteiger partial charge is 0.476 e. The highest BCUT2D eigenvalue weighted by Crippen LogP contribution is 2.23. The van der Waals surface area contributed by atoms with E-state index >= 15 is 0 Å². The number of hydrogen-bond acceptors (Lipinski definition) is 4. The Labute approximate surface area is 117 Å². The SMILES string of the molecule is COC(=O)COc1c(F)cc(CNCC(C)C)cc1F. The molecule has 0 aromatic heterocycles. The Kier molecular flexibility index (Phi) is 6.38. The van der Waals surface area contributed by atoms with E-state index in [0.717, 1.165) is 6.54 Å². The van der Waals surface area contributed by atoms with Crippen molar-refractivity contribution in [2.24, 2.45) is 5.92 Å². The lowest BCUT2D eigenvalue weighted by atomic mass is 10.1. The minimum absolute atomic E-state index is 0.364. The molecule has 1 rings (SSSR count). The zero-order valence-electron chi connectivity index (χ0n) is 11.8. The Morgan fingerprint density at radius 2 is 1.90 bits per heavy atom. The highest BCUT2D eigenvalue weighted by atomic mass is 19.1. The summed E-state index contributed by atoms with van der Waals surface area (Å²) in [6.07, 6.45) is 0. The first-order valence-electron chi connectivity index (χ1n) is 6.32. The van der Waals surface area contributed by atoms with Crippen LogP contribution in [-0.2, 0) is 16.1 Å². The molecule has 0 fully saturated rings. The second kappa shape index (κ2) is 7.79. The van der Waals surface area contributed by atoms with Crippen LogP contribution in [0.1, 0.15) is 19.4 Å². The quantitative estimate of drug-likeness (QED) is 0.782. The predicted octanol–water partition coefficient (Wildman–Crippen LogP) is 2.26. The van der Waals surface area contributed by atoms with Gasteiger partial charge in [-0.3, -0.25) is 0 Å². The molecule has 0 atom stereocenters. The summed E-state index contributed by atoms with van der Waals surface area (Å²) in [6.45, 7) is 4.66. The summed E-state index contributed by atoms with van der Waals surface area (Å²) in [5.74, 6) is -2.49. The molecule has 0 radical (unpaired) electrons. The molecule has 0 saturated carbocycles. The van der Waals surface area contributed by atoms with E-state index in [1.807, 2.05) is 13.8 Å². The zero-order chi connectivity index (χ0) is 15.1. The van der Waals surface area contributed by atoms with E-state index in [9.17, 15) is 13.6 Å². The second-order valence-corrected chi connectivity index (χ2v) is 4.78. The van der Waals surface area contributed by atoms with Crippen molar-refractivity contribution < 1.29 is 23.0 Å². The van der Waals surface area contributed by atoms with Crippen molar-refractivity contribution in [3.63, 3.8) is 0 Å². The van der Waals surface area contributed by atoms with Gasteiger partial charge >= 0.3 is 5.97 Å². The van der Waals surface area contributed by atoms with E-state index in [-0.39, 0.29) is 0 Å². The number of benzene rings is 1. The highest BCUT2D eigenvalue weighted by molar-refractivity contribution is 5.70. The van der Waals surface area contributed by atoms with E-state index in [2.05, 4.69) is 10.1 Å². The molecule has 0 heterocycles.